The molecule has 0 bridgehead atoms. The monoisotopic (exact) mass is 550 g/mol. The molecule has 2 aromatic rings. The number of amides is 3. The van der Waals surface area contributed by atoms with Gasteiger partial charge in [0.15, 0.2) is 5.60 Å². The van der Waals surface area contributed by atoms with Crippen LogP contribution in [-0.4, -0.2) is 77.7 Å². The molecule has 3 amide bonds. The molecule has 0 aromatic heterocycles. The molecule has 2 aromatic carbocycles. The maximum Gasteiger partial charge on any atom is 0.407 e. The van der Waals surface area contributed by atoms with E-state index in [0.717, 1.165) is 30.6 Å². The quantitative estimate of drug-likeness (QED) is 0.508. The Labute approximate surface area is 237 Å². The van der Waals surface area contributed by atoms with Gasteiger partial charge in [0.25, 0.3) is 5.91 Å². The minimum Gasteiger partial charge on any atom is -0.478 e. The number of carbonyl (C=O) groups is 3. The average Bonchev–Trinajstić information content (AvgIpc) is 2.95. The SMILES string of the molecule is CC(C)c1ccc(CNC(=O)[C@H]2CCCN(c3cccc(OC(C)(C)C(=O)N4CCN(C(=O)O)CC4)c3)C2)cc1. The number of nitrogens with zero attached hydrogens (tertiary/aromatic N) is 3. The van der Waals surface area contributed by atoms with Gasteiger partial charge in [-0.25, -0.2) is 4.79 Å². The van der Waals surface area contributed by atoms with Crippen LogP contribution in [0, 0.1) is 5.92 Å². The molecule has 0 radical (unpaired) electrons. The van der Waals surface area contributed by atoms with Gasteiger partial charge in [-0.3, -0.25) is 9.59 Å². The predicted molar refractivity (Wildman–Crippen MR) is 155 cm³/mol. The third kappa shape index (κ3) is 7.25. The summed E-state index contributed by atoms with van der Waals surface area (Å²) in [7, 11) is 0. The number of carbonyl (C=O) groups excluding carboxylic acids is 2. The second-order valence-electron chi connectivity index (χ2n) is 11.6. The van der Waals surface area contributed by atoms with E-state index in [1.807, 2.05) is 24.3 Å². The molecule has 2 fully saturated rings. The third-order valence-electron chi connectivity index (χ3n) is 7.81. The molecule has 9 heteroatoms. The highest BCUT2D eigenvalue weighted by Gasteiger charge is 2.36. The van der Waals surface area contributed by atoms with E-state index in [9.17, 15) is 14.4 Å². The lowest BCUT2D eigenvalue weighted by atomic mass is 9.96. The summed E-state index contributed by atoms with van der Waals surface area (Å²) in [5.41, 5.74) is 2.23. The highest BCUT2D eigenvalue weighted by molar-refractivity contribution is 5.85. The summed E-state index contributed by atoms with van der Waals surface area (Å²) >= 11 is 0. The van der Waals surface area contributed by atoms with Gasteiger partial charge < -0.3 is 29.9 Å². The molecule has 0 saturated carbocycles. The number of benzene rings is 2. The molecule has 2 N–H and O–H groups in total. The Kier molecular flexibility index (Phi) is 9.22. The van der Waals surface area contributed by atoms with Crippen LogP contribution in [0.1, 0.15) is 57.6 Å². The number of carboxylic acid groups (broad SMARTS) is 1. The van der Waals surface area contributed by atoms with Crippen LogP contribution in [0.2, 0.25) is 0 Å². The standard InChI is InChI=1S/C31H42N4O5/c1-22(2)24-12-10-23(11-13-24)20-32-28(36)25-7-6-14-35(21-25)26-8-5-9-27(19-26)40-31(3,4)29(37)33-15-17-34(18-16-33)30(38)39/h5,8-13,19,22,25H,6-7,14-18,20-21H2,1-4H3,(H,32,36)(H,38,39)/t25-/m0/s1. The van der Waals surface area contributed by atoms with Crippen molar-refractivity contribution in [3.63, 3.8) is 0 Å². The Bertz CT molecular complexity index is 1190. The first kappa shape index (κ1) is 29.2. The first-order valence-corrected chi connectivity index (χ1v) is 14.2. The van der Waals surface area contributed by atoms with Crippen LogP contribution in [0.4, 0.5) is 10.5 Å². The summed E-state index contributed by atoms with van der Waals surface area (Å²) in [6.45, 7) is 11.1. The third-order valence-corrected chi connectivity index (χ3v) is 7.81. The lowest BCUT2D eigenvalue weighted by Crippen LogP contribution is -2.56. The van der Waals surface area contributed by atoms with E-state index in [0.29, 0.717) is 50.9 Å². The topological polar surface area (TPSA) is 102 Å². The van der Waals surface area contributed by atoms with Crippen molar-refractivity contribution in [2.45, 2.75) is 58.6 Å². The van der Waals surface area contributed by atoms with Gasteiger partial charge >= 0.3 is 6.09 Å². The predicted octanol–water partition coefficient (Wildman–Crippen LogP) is 4.32. The van der Waals surface area contributed by atoms with Crippen molar-refractivity contribution in [2.75, 3.05) is 44.2 Å². The molecule has 0 aliphatic carbocycles. The molecule has 1 atom stereocenters. The maximum absolute atomic E-state index is 13.2. The number of hydrogen-bond donors (Lipinski definition) is 2. The van der Waals surface area contributed by atoms with Crippen molar-refractivity contribution in [3.8, 4) is 5.75 Å². The zero-order chi connectivity index (χ0) is 28.9. The maximum atomic E-state index is 13.2. The van der Waals surface area contributed by atoms with Crippen molar-refractivity contribution < 1.29 is 24.2 Å². The molecule has 40 heavy (non-hydrogen) atoms. The molecule has 0 spiro atoms. The van der Waals surface area contributed by atoms with Crippen LogP contribution in [-0.2, 0) is 16.1 Å². The molecule has 2 heterocycles. The number of anilines is 1. The van der Waals surface area contributed by atoms with E-state index >= 15 is 0 Å². The average molecular weight is 551 g/mol. The molecule has 2 saturated heterocycles. The minimum absolute atomic E-state index is 0.0692. The molecular weight excluding hydrogens is 508 g/mol. The molecular formula is C31H42N4O5. The Hall–Kier alpha value is -3.75. The molecule has 9 nitrogen and oxygen atoms in total. The first-order valence-electron chi connectivity index (χ1n) is 14.2. The normalized spacial score (nSPS) is 18.0. The van der Waals surface area contributed by atoms with Crippen molar-refractivity contribution in [1.29, 1.82) is 0 Å². The van der Waals surface area contributed by atoms with E-state index in [1.165, 1.54) is 10.5 Å². The van der Waals surface area contributed by atoms with Crippen LogP contribution in [0.15, 0.2) is 48.5 Å². The summed E-state index contributed by atoms with van der Waals surface area (Å²) in [4.78, 5) is 42.6. The molecule has 0 unspecified atom stereocenters. The summed E-state index contributed by atoms with van der Waals surface area (Å²) in [5.74, 6) is 0.859. The van der Waals surface area contributed by atoms with Crippen molar-refractivity contribution in [3.05, 3.63) is 59.7 Å². The summed E-state index contributed by atoms with van der Waals surface area (Å²) in [6.07, 6.45) is 0.799. The Morgan fingerprint density at radius 2 is 1.68 bits per heavy atom. The van der Waals surface area contributed by atoms with Crippen molar-refractivity contribution in [1.82, 2.24) is 15.1 Å². The summed E-state index contributed by atoms with van der Waals surface area (Å²) < 4.78 is 6.18. The molecule has 2 aliphatic rings. The number of nitrogens with one attached hydrogen (secondary N) is 1. The molecule has 4 rings (SSSR count). The van der Waals surface area contributed by atoms with Crippen LogP contribution in [0.5, 0.6) is 5.75 Å². The second-order valence-corrected chi connectivity index (χ2v) is 11.6. The number of ether oxygens (including phenoxy) is 1. The van der Waals surface area contributed by atoms with E-state index in [2.05, 4.69) is 48.3 Å². The second kappa shape index (κ2) is 12.6. The van der Waals surface area contributed by atoms with Gasteiger partial charge in [-0.1, -0.05) is 44.2 Å². The number of piperidine rings is 1. The highest BCUT2D eigenvalue weighted by atomic mass is 16.5. The van der Waals surface area contributed by atoms with Crippen LogP contribution < -0.4 is 15.0 Å². The van der Waals surface area contributed by atoms with Gasteiger partial charge in [-0.15, -0.1) is 0 Å². The fourth-order valence-corrected chi connectivity index (χ4v) is 5.34. The number of piperazine rings is 1. The van der Waals surface area contributed by atoms with Gasteiger partial charge in [0.1, 0.15) is 5.75 Å². The summed E-state index contributed by atoms with van der Waals surface area (Å²) in [5, 5.41) is 12.3. The lowest BCUT2D eigenvalue weighted by Gasteiger charge is -2.38. The fraction of sp³-hybridized carbons (Fsp3) is 0.516. The smallest absolute Gasteiger partial charge is 0.407 e. The Morgan fingerprint density at radius 3 is 2.33 bits per heavy atom. The Balaban J connectivity index is 1.33. The van der Waals surface area contributed by atoms with Gasteiger partial charge in [0.05, 0.1) is 5.92 Å². The van der Waals surface area contributed by atoms with Gasteiger partial charge in [0, 0.05) is 57.6 Å². The molecule has 2 aliphatic heterocycles. The lowest BCUT2D eigenvalue weighted by molar-refractivity contribution is -0.147. The van der Waals surface area contributed by atoms with Crippen LogP contribution >= 0.6 is 0 Å². The highest BCUT2D eigenvalue weighted by Crippen LogP contribution is 2.29. The van der Waals surface area contributed by atoms with E-state index < -0.39 is 11.7 Å². The molecule has 216 valence electrons. The minimum atomic E-state index is -1.11. The zero-order valence-corrected chi connectivity index (χ0v) is 24.1. The van der Waals surface area contributed by atoms with Crippen LogP contribution in [0.3, 0.4) is 0 Å². The number of rotatable bonds is 8. The van der Waals surface area contributed by atoms with Gasteiger partial charge in [-0.05, 0) is 55.9 Å². The first-order chi connectivity index (χ1) is 19.0. The fourth-order valence-electron chi connectivity index (χ4n) is 5.34. The van der Waals surface area contributed by atoms with Gasteiger partial charge in [-0.2, -0.15) is 0 Å². The van der Waals surface area contributed by atoms with Gasteiger partial charge in [0.2, 0.25) is 5.91 Å². The van der Waals surface area contributed by atoms with E-state index in [-0.39, 0.29) is 17.7 Å². The van der Waals surface area contributed by atoms with Crippen molar-refractivity contribution >= 4 is 23.6 Å². The van der Waals surface area contributed by atoms with Crippen molar-refractivity contribution in [2.24, 2.45) is 5.92 Å². The van der Waals surface area contributed by atoms with E-state index in [4.69, 9.17) is 9.84 Å². The Morgan fingerprint density at radius 1 is 1.00 bits per heavy atom. The van der Waals surface area contributed by atoms with Crippen LogP contribution in [0.25, 0.3) is 0 Å². The zero-order valence-electron chi connectivity index (χ0n) is 24.1. The largest absolute Gasteiger partial charge is 0.478 e. The number of hydrogen-bond acceptors (Lipinski definition) is 5. The summed E-state index contributed by atoms with van der Waals surface area (Å²) in [6, 6.07) is 16.1. The van der Waals surface area contributed by atoms with E-state index in [1.54, 1.807) is 18.7 Å².